The highest BCUT2D eigenvalue weighted by Gasteiger charge is 2.38. The molecule has 0 bridgehead atoms. The van der Waals surface area contributed by atoms with E-state index in [1.54, 1.807) is 19.2 Å². The number of fused-ring (bicyclic) bond motifs is 1. The van der Waals surface area contributed by atoms with Gasteiger partial charge in [-0.3, -0.25) is 14.4 Å². The Balaban J connectivity index is 1.66. The molecule has 2 amide bonds. The molecule has 132 valence electrons. The molecule has 0 unspecified atom stereocenters. The van der Waals surface area contributed by atoms with Crippen LogP contribution < -0.4 is 16.2 Å². The minimum Gasteiger partial charge on any atom is -0.387 e. The summed E-state index contributed by atoms with van der Waals surface area (Å²) in [6.07, 6.45) is 0.770. The molecule has 8 nitrogen and oxygen atoms in total. The third kappa shape index (κ3) is 3.53. The first-order chi connectivity index (χ1) is 11.9. The van der Waals surface area contributed by atoms with Crippen LogP contribution in [-0.2, 0) is 11.8 Å². The summed E-state index contributed by atoms with van der Waals surface area (Å²) in [5.74, 6) is -0.569. The molecule has 0 aromatic carbocycles. The van der Waals surface area contributed by atoms with Gasteiger partial charge in [0.15, 0.2) is 0 Å². The van der Waals surface area contributed by atoms with Gasteiger partial charge in [0, 0.05) is 25.3 Å². The maximum Gasteiger partial charge on any atom is 0.269 e. The monoisotopic (exact) mass is 344 g/mol. The third-order valence-corrected chi connectivity index (χ3v) is 4.50. The number of aryl methyl sites for hydroxylation is 1. The molecule has 1 aliphatic carbocycles. The van der Waals surface area contributed by atoms with Crippen LogP contribution in [0.2, 0.25) is 0 Å². The van der Waals surface area contributed by atoms with Crippen LogP contribution in [0.3, 0.4) is 0 Å². The molecule has 0 spiro atoms. The summed E-state index contributed by atoms with van der Waals surface area (Å²) < 4.78 is 1.54. The molecule has 25 heavy (non-hydrogen) atoms. The zero-order chi connectivity index (χ0) is 18.1. The summed E-state index contributed by atoms with van der Waals surface area (Å²) in [6.45, 7) is 1.70. The van der Waals surface area contributed by atoms with Gasteiger partial charge in [-0.25, -0.2) is 4.98 Å². The molecule has 2 aromatic heterocycles. The van der Waals surface area contributed by atoms with Crippen molar-refractivity contribution >= 4 is 22.7 Å². The number of pyridine rings is 2. The van der Waals surface area contributed by atoms with E-state index in [2.05, 4.69) is 15.6 Å². The van der Waals surface area contributed by atoms with Crippen molar-refractivity contribution in [3.05, 3.63) is 39.9 Å². The number of aromatic nitrogens is 2. The summed E-state index contributed by atoms with van der Waals surface area (Å²) in [6, 6.07) is 4.91. The Morgan fingerprint density at radius 3 is 2.88 bits per heavy atom. The van der Waals surface area contributed by atoms with Crippen LogP contribution >= 0.6 is 0 Å². The first-order valence-electron chi connectivity index (χ1n) is 8.06. The van der Waals surface area contributed by atoms with E-state index in [9.17, 15) is 14.4 Å². The van der Waals surface area contributed by atoms with Crippen molar-refractivity contribution in [1.82, 2.24) is 20.2 Å². The van der Waals surface area contributed by atoms with Gasteiger partial charge in [0.1, 0.15) is 12.3 Å². The SMILES string of the molecule is Cc1cc2nc(C(=O)NC[C@@H]3C[C@H]3NC(=O)CO)ccc2c(=O)n1C. The first kappa shape index (κ1) is 17.1. The van der Waals surface area contributed by atoms with E-state index in [0.29, 0.717) is 17.4 Å². The molecule has 1 fully saturated rings. The van der Waals surface area contributed by atoms with Gasteiger partial charge in [-0.15, -0.1) is 0 Å². The Bertz CT molecular complexity index is 905. The molecule has 2 heterocycles. The smallest absolute Gasteiger partial charge is 0.269 e. The molecule has 2 aromatic rings. The molecule has 0 saturated heterocycles. The average molecular weight is 344 g/mol. The van der Waals surface area contributed by atoms with Crippen molar-refractivity contribution in [3.8, 4) is 0 Å². The van der Waals surface area contributed by atoms with Gasteiger partial charge in [0.2, 0.25) is 5.91 Å². The lowest BCUT2D eigenvalue weighted by atomic mass is 10.2. The Morgan fingerprint density at radius 1 is 1.40 bits per heavy atom. The van der Waals surface area contributed by atoms with E-state index in [1.807, 2.05) is 6.92 Å². The van der Waals surface area contributed by atoms with Crippen LogP contribution in [0.15, 0.2) is 23.0 Å². The van der Waals surface area contributed by atoms with Crippen molar-refractivity contribution in [1.29, 1.82) is 0 Å². The summed E-state index contributed by atoms with van der Waals surface area (Å²) >= 11 is 0. The second-order valence-corrected chi connectivity index (χ2v) is 6.32. The average Bonchev–Trinajstić information content (AvgIpc) is 3.34. The van der Waals surface area contributed by atoms with Crippen LogP contribution in [0, 0.1) is 12.8 Å². The molecule has 1 aliphatic rings. The fourth-order valence-corrected chi connectivity index (χ4v) is 2.74. The maximum atomic E-state index is 12.3. The van der Waals surface area contributed by atoms with Gasteiger partial charge in [-0.2, -0.15) is 0 Å². The number of hydrogen-bond donors (Lipinski definition) is 3. The van der Waals surface area contributed by atoms with Crippen LogP contribution in [0.5, 0.6) is 0 Å². The van der Waals surface area contributed by atoms with Gasteiger partial charge < -0.3 is 20.3 Å². The fraction of sp³-hybridized carbons (Fsp3) is 0.412. The van der Waals surface area contributed by atoms with E-state index < -0.39 is 12.5 Å². The third-order valence-electron chi connectivity index (χ3n) is 4.50. The molecular formula is C17H20N4O4. The summed E-state index contributed by atoms with van der Waals surface area (Å²) in [5, 5.41) is 14.6. The van der Waals surface area contributed by atoms with Gasteiger partial charge >= 0.3 is 0 Å². The second kappa shape index (κ2) is 6.64. The predicted molar refractivity (Wildman–Crippen MR) is 91.2 cm³/mol. The number of nitrogens with one attached hydrogen (secondary N) is 2. The molecule has 0 radical (unpaired) electrons. The zero-order valence-electron chi connectivity index (χ0n) is 14.1. The van der Waals surface area contributed by atoms with Crippen LogP contribution in [-0.4, -0.2) is 45.7 Å². The van der Waals surface area contributed by atoms with Gasteiger partial charge in [-0.1, -0.05) is 0 Å². The quantitative estimate of drug-likeness (QED) is 0.675. The standard InChI is InChI=1S/C17H20N4O4/c1-9-5-14-11(17(25)21(9)2)3-4-12(19-14)16(24)18-7-10-6-13(10)20-15(23)8-22/h3-5,10,13,22H,6-8H2,1-2H3,(H,18,24)(H,20,23)/t10-,13+/m0/s1. The molecule has 3 rings (SSSR count). The highest BCUT2D eigenvalue weighted by Crippen LogP contribution is 2.29. The number of hydrogen-bond acceptors (Lipinski definition) is 5. The summed E-state index contributed by atoms with van der Waals surface area (Å²) in [7, 11) is 1.69. The topological polar surface area (TPSA) is 113 Å². The molecule has 8 heteroatoms. The number of aliphatic hydroxyl groups is 1. The number of nitrogens with zero attached hydrogens (tertiary/aromatic N) is 2. The largest absolute Gasteiger partial charge is 0.387 e. The predicted octanol–water partition coefficient (Wildman–Crippen LogP) is -0.531. The van der Waals surface area contributed by atoms with E-state index >= 15 is 0 Å². The summed E-state index contributed by atoms with van der Waals surface area (Å²) in [5.41, 5.74) is 1.36. The minimum atomic E-state index is -0.532. The van der Waals surface area contributed by atoms with Crippen molar-refractivity contribution < 1.29 is 14.7 Å². The molecule has 1 saturated carbocycles. The number of carbonyl (C=O) groups excluding carboxylic acids is 2. The minimum absolute atomic E-state index is 0.00446. The van der Waals surface area contributed by atoms with Crippen molar-refractivity contribution in [2.24, 2.45) is 13.0 Å². The Labute approximate surface area is 143 Å². The normalized spacial score (nSPS) is 18.8. The molecular weight excluding hydrogens is 324 g/mol. The molecule has 3 N–H and O–H groups in total. The van der Waals surface area contributed by atoms with Crippen LogP contribution in [0.1, 0.15) is 22.6 Å². The van der Waals surface area contributed by atoms with Crippen molar-refractivity contribution in [2.45, 2.75) is 19.4 Å². The number of carbonyl (C=O) groups is 2. The van der Waals surface area contributed by atoms with Crippen molar-refractivity contribution in [2.75, 3.05) is 13.2 Å². The first-order valence-corrected chi connectivity index (χ1v) is 8.06. The highest BCUT2D eigenvalue weighted by molar-refractivity contribution is 5.94. The lowest BCUT2D eigenvalue weighted by Gasteiger charge is -2.08. The van der Waals surface area contributed by atoms with Crippen molar-refractivity contribution in [3.63, 3.8) is 0 Å². The van der Waals surface area contributed by atoms with Gasteiger partial charge in [0.05, 0.1) is 10.9 Å². The lowest BCUT2D eigenvalue weighted by molar-refractivity contribution is -0.124. The lowest BCUT2D eigenvalue weighted by Crippen LogP contribution is -2.32. The Hall–Kier alpha value is -2.74. The van der Waals surface area contributed by atoms with E-state index in [4.69, 9.17) is 5.11 Å². The second-order valence-electron chi connectivity index (χ2n) is 6.32. The highest BCUT2D eigenvalue weighted by atomic mass is 16.3. The number of amides is 2. The van der Waals surface area contributed by atoms with E-state index in [0.717, 1.165) is 12.1 Å². The Kier molecular flexibility index (Phi) is 4.54. The molecule has 2 atom stereocenters. The Morgan fingerprint density at radius 2 is 2.16 bits per heavy atom. The molecule has 0 aliphatic heterocycles. The van der Waals surface area contributed by atoms with E-state index in [1.165, 1.54) is 10.6 Å². The van der Waals surface area contributed by atoms with Gasteiger partial charge in [-0.05, 0) is 37.5 Å². The fourth-order valence-electron chi connectivity index (χ4n) is 2.74. The summed E-state index contributed by atoms with van der Waals surface area (Å²) in [4.78, 5) is 39.8. The van der Waals surface area contributed by atoms with Gasteiger partial charge in [0.25, 0.3) is 11.5 Å². The van der Waals surface area contributed by atoms with Crippen LogP contribution in [0.25, 0.3) is 10.9 Å². The van der Waals surface area contributed by atoms with Crippen LogP contribution in [0.4, 0.5) is 0 Å². The van der Waals surface area contributed by atoms with E-state index in [-0.39, 0.29) is 29.1 Å². The zero-order valence-corrected chi connectivity index (χ0v) is 14.1. The number of rotatable bonds is 5. The maximum absolute atomic E-state index is 12.3. The number of aliphatic hydroxyl groups excluding tert-OH is 1.